The second kappa shape index (κ2) is 4.66. The molecule has 0 bridgehead atoms. The van der Waals surface area contributed by atoms with Crippen molar-refractivity contribution in [2.75, 3.05) is 13.2 Å². The van der Waals surface area contributed by atoms with Crippen molar-refractivity contribution in [3.05, 3.63) is 29.8 Å². The lowest BCUT2D eigenvalue weighted by Gasteiger charge is -2.17. The fourth-order valence-electron chi connectivity index (χ4n) is 2.53. The van der Waals surface area contributed by atoms with E-state index in [4.69, 9.17) is 10.5 Å². The maximum atomic E-state index is 11.8. The van der Waals surface area contributed by atoms with Crippen molar-refractivity contribution in [3.8, 4) is 5.75 Å². The molecule has 2 aliphatic rings. The molecule has 1 aliphatic carbocycles. The molecule has 1 heterocycles. The molecule has 3 rings (SSSR count). The first-order valence-corrected chi connectivity index (χ1v) is 6.48. The number of nitrogens with two attached hydrogens (primary N) is 1. The van der Waals surface area contributed by atoms with E-state index < -0.39 is 0 Å². The minimum Gasteiger partial charge on any atom is -0.491 e. The smallest absolute Gasteiger partial charge is 0.233 e. The molecule has 1 saturated carbocycles. The van der Waals surface area contributed by atoms with E-state index in [2.05, 4.69) is 0 Å². The quantitative estimate of drug-likeness (QED) is 0.784. The van der Waals surface area contributed by atoms with Crippen LogP contribution in [0.25, 0.3) is 0 Å². The Morgan fingerprint density at radius 1 is 1.21 bits per heavy atom. The van der Waals surface area contributed by atoms with E-state index in [-0.39, 0.29) is 23.7 Å². The van der Waals surface area contributed by atoms with Crippen LogP contribution in [0, 0.1) is 11.8 Å². The van der Waals surface area contributed by atoms with Crippen LogP contribution < -0.4 is 10.5 Å². The molecule has 2 fully saturated rings. The molecule has 19 heavy (non-hydrogen) atoms. The average Bonchev–Trinajstić information content (AvgIpc) is 3.19. The molecule has 1 aliphatic heterocycles. The number of carbonyl (C=O) groups excluding carboxylic acids is 2. The van der Waals surface area contributed by atoms with Gasteiger partial charge >= 0.3 is 0 Å². The van der Waals surface area contributed by atoms with Crippen molar-refractivity contribution in [3.63, 3.8) is 0 Å². The van der Waals surface area contributed by atoms with Gasteiger partial charge in [0.25, 0.3) is 0 Å². The molecule has 1 aromatic carbocycles. The minimum atomic E-state index is -0.0381. The van der Waals surface area contributed by atoms with Crippen LogP contribution in [0.1, 0.15) is 12.0 Å². The number of amides is 2. The number of para-hydroxylation sites is 1. The summed E-state index contributed by atoms with van der Waals surface area (Å²) in [6, 6.07) is 7.51. The summed E-state index contributed by atoms with van der Waals surface area (Å²) < 4.78 is 5.61. The Kier molecular flexibility index (Phi) is 2.98. The monoisotopic (exact) mass is 260 g/mol. The summed E-state index contributed by atoms with van der Waals surface area (Å²) in [5.74, 6) is 0.568. The number of likely N-dealkylation sites (tertiary alicyclic amines) is 1. The van der Waals surface area contributed by atoms with Crippen molar-refractivity contribution < 1.29 is 14.3 Å². The summed E-state index contributed by atoms with van der Waals surface area (Å²) in [5, 5.41) is 0. The summed E-state index contributed by atoms with van der Waals surface area (Å²) in [6.45, 7) is 1.04. The van der Waals surface area contributed by atoms with Crippen molar-refractivity contribution in [1.29, 1.82) is 0 Å². The molecule has 2 atom stereocenters. The normalized spacial score (nSPS) is 24.6. The molecule has 1 aromatic rings. The Balaban J connectivity index is 1.56. The molecule has 5 nitrogen and oxygen atoms in total. The van der Waals surface area contributed by atoms with Crippen LogP contribution in [0.3, 0.4) is 0 Å². The molecule has 2 N–H and O–H groups in total. The molecule has 100 valence electrons. The number of carbonyl (C=O) groups is 2. The third-order valence-electron chi connectivity index (χ3n) is 3.72. The Bertz CT molecular complexity index is 509. The van der Waals surface area contributed by atoms with E-state index in [9.17, 15) is 9.59 Å². The lowest BCUT2D eigenvalue weighted by Crippen LogP contribution is -2.36. The number of piperidine rings is 1. The van der Waals surface area contributed by atoms with E-state index in [1.165, 1.54) is 4.90 Å². The van der Waals surface area contributed by atoms with Crippen molar-refractivity contribution in [2.45, 2.75) is 13.0 Å². The molecule has 0 aromatic heterocycles. The first-order valence-electron chi connectivity index (χ1n) is 6.48. The Morgan fingerprint density at radius 2 is 1.89 bits per heavy atom. The zero-order chi connectivity index (χ0) is 13.4. The summed E-state index contributed by atoms with van der Waals surface area (Å²) in [6.07, 6.45) is 0.741. The molecule has 2 amide bonds. The van der Waals surface area contributed by atoms with Gasteiger partial charge in [0.1, 0.15) is 12.4 Å². The van der Waals surface area contributed by atoms with Crippen LogP contribution in [0.4, 0.5) is 0 Å². The maximum Gasteiger partial charge on any atom is 0.233 e. The first-order chi connectivity index (χ1) is 9.22. The van der Waals surface area contributed by atoms with Gasteiger partial charge in [-0.15, -0.1) is 0 Å². The topological polar surface area (TPSA) is 72.6 Å². The minimum absolute atomic E-state index is 0.0364. The van der Waals surface area contributed by atoms with Gasteiger partial charge in [0.2, 0.25) is 11.8 Å². The van der Waals surface area contributed by atoms with Crippen molar-refractivity contribution in [1.82, 2.24) is 4.90 Å². The van der Waals surface area contributed by atoms with E-state index in [1.54, 1.807) is 0 Å². The second-order valence-electron chi connectivity index (χ2n) is 4.94. The van der Waals surface area contributed by atoms with Crippen LogP contribution in [0.5, 0.6) is 5.75 Å². The van der Waals surface area contributed by atoms with Gasteiger partial charge in [-0.05, 0) is 12.5 Å². The number of rotatable bonds is 5. The van der Waals surface area contributed by atoms with Crippen LogP contribution in [-0.4, -0.2) is 29.9 Å². The predicted molar refractivity (Wildman–Crippen MR) is 68.1 cm³/mol. The predicted octanol–water partition coefficient (Wildman–Crippen LogP) is 0.529. The van der Waals surface area contributed by atoms with Crippen LogP contribution >= 0.6 is 0 Å². The van der Waals surface area contributed by atoms with Gasteiger partial charge in [0.15, 0.2) is 0 Å². The highest BCUT2D eigenvalue weighted by molar-refractivity contribution is 6.08. The van der Waals surface area contributed by atoms with Gasteiger partial charge in [-0.2, -0.15) is 0 Å². The van der Waals surface area contributed by atoms with Gasteiger partial charge in [0, 0.05) is 12.1 Å². The summed E-state index contributed by atoms with van der Waals surface area (Å²) >= 11 is 0. The summed E-state index contributed by atoms with van der Waals surface area (Å²) in [4.78, 5) is 24.8. The number of hydrogen-bond donors (Lipinski definition) is 1. The van der Waals surface area contributed by atoms with Gasteiger partial charge in [-0.1, -0.05) is 18.2 Å². The molecule has 0 spiro atoms. The highest BCUT2D eigenvalue weighted by Gasteiger charge is 2.58. The zero-order valence-corrected chi connectivity index (χ0v) is 10.5. The van der Waals surface area contributed by atoms with Crippen LogP contribution in [0.15, 0.2) is 24.3 Å². The van der Waals surface area contributed by atoms with E-state index in [1.807, 2.05) is 24.3 Å². The zero-order valence-electron chi connectivity index (χ0n) is 10.5. The second-order valence-corrected chi connectivity index (χ2v) is 4.94. The standard InChI is InChI=1S/C14H16N2O3/c15-8-9-3-1-2-4-12(9)19-6-5-16-13(17)10-7-11(10)14(16)18/h1-4,10-11H,5-8,15H2. The van der Waals surface area contributed by atoms with Crippen molar-refractivity contribution in [2.24, 2.45) is 17.6 Å². The number of nitrogens with zero attached hydrogens (tertiary/aromatic N) is 1. The molecule has 1 saturated heterocycles. The Morgan fingerprint density at radius 3 is 2.58 bits per heavy atom. The van der Waals surface area contributed by atoms with Gasteiger partial charge in [0.05, 0.1) is 18.4 Å². The average molecular weight is 260 g/mol. The SMILES string of the molecule is NCc1ccccc1OCCN1C(=O)C2CC2C1=O. The number of ether oxygens (including phenoxy) is 1. The summed E-state index contributed by atoms with van der Waals surface area (Å²) in [5.41, 5.74) is 6.53. The molecule has 2 unspecified atom stereocenters. The van der Waals surface area contributed by atoms with Crippen molar-refractivity contribution >= 4 is 11.8 Å². The fourth-order valence-corrected chi connectivity index (χ4v) is 2.53. The van der Waals surface area contributed by atoms with Gasteiger partial charge in [-0.25, -0.2) is 0 Å². The van der Waals surface area contributed by atoms with Gasteiger partial charge in [-0.3, -0.25) is 14.5 Å². The lowest BCUT2D eigenvalue weighted by atomic mass is 10.2. The maximum absolute atomic E-state index is 11.8. The number of hydrogen-bond acceptors (Lipinski definition) is 4. The van der Waals surface area contributed by atoms with E-state index in [0.717, 1.165) is 12.0 Å². The Labute approximate surface area is 111 Å². The van der Waals surface area contributed by atoms with E-state index in [0.29, 0.717) is 25.4 Å². The molecular weight excluding hydrogens is 244 g/mol. The molecule has 0 radical (unpaired) electrons. The summed E-state index contributed by atoms with van der Waals surface area (Å²) in [7, 11) is 0. The highest BCUT2D eigenvalue weighted by atomic mass is 16.5. The third kappa shape index (κ3) is 2.10. The first kappa shape index (κ1) is 12.2. The number of imide groups is 1. The third-order valence-corrected chi connectivity index (χ3v) is 3.72. The van der Waals surface area contributed by atoms with Crippen LogP contribution in [0.2, 0.25) is 0 Å². The molecular formula is C14H16N2O3. The Hall–Kier alpha value is -1.88. The van der Waals surface area contributed by atoms with Gasteiger partial charge < -0.3 is 10.5 Å². The molecule has 5 heteroatoms. The largest absolute Gasteiger partial charge is 0.491 e. The van der Waals surface area contributed by atoms with Crippen LogP contribution in [-0.2, 0) is 16.1 Å². The number of benzene rings is 1. The number of fused-ring (bicyclic) bond motifs is 1. The lowest BCUT2D eigenvalue weighted by molar-refractivity contribution is -0.141. The van der Waals surface area contributed by atoms with E-state index >= 15 is 0 Å². The highest BCUT2D eigenvalue weighted by Crippen LogP contribution is 2.46. The fraction of sp³-hybridized carbons (Fsp3) is 0.429.